The van der Waals surface area contributed by atoms with E-state index in [1.165, 1.54) is 72.8 Å². The minimum atomic E-state index is -1.60. The lowest BCUT2D eigenvalue weighted by Crippen LogP contribution is -2.33. The van der Waals surface area contributed by atoms with Crippen LogP contribution in [0.25, 0.3) is 0 Å². The van der Waals surface area contributed by atoms with E-state index >= 15 is 0 Å². The molecule has 0 saturated heterocycles. The highest BCUT2D eigenvalue weighted by Gasteiger charge is 2.27. The number of nitrogens with one attached hydrogen (secondary N) is 4. The second-order valence-electron chi connectivity index (χ2n) is 13.6. The number of carbonyl (C=O) groups is 6. The number of halogens is 8. The van der Waals surface area contributed by atoms with Crippen LogP contribution in [0.4, 0.5) is 34.1 Å². The fourth-order valence-corrected chi connectivity index (χ4v) is 7.09. The van der Waals surface area contributed by atoms with Crippen molar-refractivity contribution < 1.29 is 28.8 Å². The average Bonchev–Trinajstić information content (AvgIpc) is 3.22. The Bertz CT molecular complexity index is 2630. The quantitative estimate of drug-likeness (QED) is 0.0484. The summed E-state index contributed by atoms with van der Waals surface area (Å²) in [7, 11) is 0. The lowest BCUT2D eigenvalue weighted by atomic mass is 10.0. The van der Waals surface area contributed by atoms with Gasteiger partial charge >= 0.3 is 0 Å². The molecule has 330 valence electrons. The number of azo groups is 2. The summed E-state index contributed by atoms with van der Waals surface area (Å²) in [6, 6.07) is 13.4. The summed E-state index contributed by atoms with van der Waals surface area (Å²) < 4.78 is 0. The largest absolute Gasteiger partial charge is 0.324 e. The Kier molecular flexibility index (Phi) is 16.9. The maximum Gasteiger partial charge on any atom is 0.258 e. The van der Waals surface area contributed by atoms with Crippen LogP contribution >= 0.6 is 92.8 Å². The first-order valence-corrected chi connectivity index (χ1v) is 21.2. The standard InChI is InChI=1S/C42H30Cl8N8O6/c1-17-18(2)34(52-42(64)38(20(4)60)58-56-22-6-8-26(44)24(12-22)40(62)54-36-16-30(48)28(46)14-32(36)50)10-9-33(17)51-41(63)37(19(3)59)57-55-21-5-7-25(43)23(11-21)39(61)53-35-15-29(47)27(45)13-31(35)49/h5-16,37-38H,1-4H3,(H,51,63)(H,52,64)(H,53,61)(H,54,62). The first-order valence-electron chi connectivity index (χ1n) is 18.2. The number of anilines is 4. The van der Waals surface area contributed by atoms with Crippen molar-refractivity contribution in [1.82, 2.24) is 0 Å². The van der Waals surface area contributed by atoms with Gasteiger partial charge in [0.1, 0.15) is 0 Å². The van der Waals surface area contributed by atoms with Gasteiger partial charge in [0.05, 0.1) is 74.1 Å². The summed E-state index contributed by atoms with van der Waals surface area (Å²) in [4.78, 5) is 78.2. The number of hydrogen-bond donors (Lipinski definition) is 4. The van der Waals surface area contributed by atoms with Crippen LogP contribution in [0.2, 0.25) is 40.2 Å². The summed E-state index contributed by atoms with van der Waals surface area (Å²) >= 11 is 49.0. The van der Waals surface area contributed by atoms with E-state index in [0.717, 1.165) is 13.8 Å². The molecule has 2 atom stereocenters. The molecule has 5 aromatic carbocycles. The smallest absolute Gasteiger partial charge is 0.258 e. The summed E-state index contributed by atoms with van der Waals surface area (Å²) in [5, 5.41) is 27.5. The fourth-order valence-electron chi connectivity index (χ4n) is 5.49. The van der Waals surface area contributed by atoms with Crippen LogP contribution in [0, 0.1) is 13.8 Å². The zero-order chi connectivity index (χ0) is 47.2. The van der Waals surface area contributed by atoms with Crippen LogP contribution in [-0.4, -0.2) is 47.3 Å². The Morgan fingerprint density at radius 3 is 1.11 bits per heavy atom. The molecule has 4 amide bonds. The van der Waals surface area contributed by atoms with Gasteiger partial charge in [0.15, 0.2) is 11.6 Å². The maximum atomic E-state index is 13.4. The summed E-state index contributed by atoms with van der Waals surface area (Å²) in [5.74, 6) is -4.27. The number of rotatable bonds is 14. The van der Waals surface area contributed by atoms with Crippen LogP contribution in [-0.2, 0) is 19.2 Å². The third kappa shape index (κ3) is 12.3. The molecule has 4 N–H and O–H groups in total. The first-order chi connectivity index (χ1) is 30.1. The Hall–Kier alpha value is -5.16. The lowest BCUT2D eigenvalue weighted by Gasteiger charge is -2.17. The zero-order valence-electron chi connectivity index (χ0n) is 33.3. The number of Topliss-reactive ketones (excluding diaryl/α,β-unsaturated/α-hetero) is 2. The van der Waals surface area contributed by atoms with Gasteiger partial charge in [0.2, 0.25) is 12.1 Å². The third-order valence-corrected chi connectivity index (χ3v) is 11.8. The molecule has 0 fully saturated rings. The molecular weight excluding hydrogens is 996 g/mol. The number of benzene rings is 5. The van der Waals surface area contributed by atoms with Gasteiger partial charge in [0.25, 0.3) is 23.6 Å². The highest BCUT2D eigenvalue weighted by atomic mass is 35.5. The molecule has 0 aliphatic heterocycles. The maximum absolute atomic E-state index is 13.4. The van der Waals surface area contributed by atoms with Gasteiger partial charge in [-0.15, -0.1) is 0 Å². The van der Waals surface area contributed by atoms with E-state index in [0.29, 0.717) is 11.1 Å². The third-order valence-electron chi connectivity index (χ3n) is 9.05. The van der Waals surface area contributed by atoms with Crippen molar-refractivity contribution in [2.75, 3.05) is 21.3 Å². The topological polar surface area (TPSA) is 200 Å². The van der Waals surface area contributed by atoms with E-state index in [2.05, 4.69) is 41.7 Å². The van der Waals surface area contributed by atoms with E-state index in [1.807, 2.05) is 0 Å². The van der Waals surface area contributed by atoms with Crippen molar-refractivity contribution in [3.05, 3.63) is 135 Å². The number of amides is 4. The second kappa shape index (κ2) is 21.7. The Balaban J connectivity index is 1.26. The molecule has 0 aliphatic rings. The SMILES string of the molecule is CC(=O)C(N=Nc1ccc(Cl)c(C(=O)Nc2cc(Cl)c(Cl)cc2Cl)c1)C(=O)Nc1ccc(NC(=O)C(N=Nc2ccc(Cl)c(C(=O)Nc3cc(Cl)c(Cl)cc3Cl)c2)C(C)=O)c(C)c1C. The number of ketones is 2. The van der Waals surface area contributed by atoms with E-state index in [1.54, 1.807) is 13.8 Å². The predicted octanol–water partition coefficient (Wildman–Crippen LogP) is 13.4. The Labute approximate surface area is 405 Å². The lowest BCUT2D eigenvalue weighted by molar-refractivity contribution is -0.127. The molecular formula is C42H30Cl8N8O6. The molecule has 5 aromatic rings. The molecule has 0 aliphatic carbocycles. The van der Waals surface area contributed by atoms with E-state index in [-0.39, 0.29) is 85.4 Å². The average molecular weight is 1030 g/mol. The van der Waals surface area contributed by atoms with E-state index < -0.39 is 47.3 Å². The molecule has 64 heavy (non-hydrogen) atoms. The number of nitrogens with zero attached hydrogens (tertiary/aromatic N) is 4. The van der Waals surface area contributed by atoms with Crippen molar-refractivity contribution in [3.8, 4) is 0 Å². The van der Waals surface area contributed by atoms with Gasteiger partial charge in [0, 0.05) is 11.4 Å². The molecule has 22 heteroatoms. The molecule has 0 bridgehead atoms. The number of hydrogen-bond acceptors (Lipinski definition) is 10. The van der Waals surface area contributed by atoms with Crippen LogP contribution in [0.3, 0.4) is 0 Å². The van der Waals surface area contributed by atoms with Gasteiger partial charge < -0.3 is 21.3 Å². The molecule has 0 aromatic heterocycles. The van der Waals surface area contributed by atoms with E-state index in [9.17, 15) is 28.8 Å². The van der Waals surface area contributed by atoms with Crippen molar-refractivity contribution in [3.63, 3.8) is 0 Å². The highest BCUT2D eigenvalue weighted by Crippen LogP contribution is 2.35. The van der Waals surface area contributed by atoms with Gasteiger partial charge in [-0.05, 0) is 112 Å². The zero-order valence-corrected chi connectivity index (χ0v) is 39.4. The Morgan fingerprint density at radius 1 is 0.422 bits per heavy atom. The predicted molar refractivity (Wildman–Crippen MR) is 253 cm³/mol. The molecule has 0 saturated carbocycles. The molecule has 2 unspecified atom stereocenters. The van der Waals surface area contributed by atoms with Gasteiger partial charge in [-0.3, -0.25) is 28.8 Å². The van der Waals surface area contributed by atoms with Gasteiger partial charge in [-0.1, -0.05) is 92.8 Å². The summed E-state index contributed by atoms with van der Waals surface area (Å²) in [6.45, 7) is 5.62. The highest BCUT2D eigenvalue weighted by molar-refractivity contribution is 6.45. The van der Waals surface area contributed by atoms with Gasteiger partial charge in [-0.25, -0.2) is 0 Å². The fraction of sp³-hybridized carbons (Fsp3) is 0.143. The minimum absolute atomic E-state index is 0.0224. The summed E-state index contributed by atoms with van der Waals surface area (Å²) in [5.41, 5.74) is 2.03. The Morgan fingerprint density at radius 2 is 0.766 bits per heavy atom. The van der Waals surface area contributed by atoms with Crippen LogP contribution in [0.5, 0.6) is 0 Å². The molecule has 0 radical (unpaired) electrons. The molecule has 5 rings (SSSR count). The van der Waals surface area contributed by atoms with E-state index in [4.69, 9.17) is 92.8 Å². The van der Waals surface area contributed by atoms with Gasteiger partial charge in [-0.2, -0.15) is 20.5 Å². The van der Waals surface area contributed by atoms with Crippen molar-refractivity contribution >= 4 is 162 Å². The summed E-state index contributed by atoms with van der Waals surface area (Å²) in [6.07, 6.45) is 0. The van der Waals surface area contributed by atoms with Crippen LogP contribution < -0.4 is 21.3 Å². The minimum Gasteiger partial charge on any atom is -0.324 e. The first kappa shape index (κ1) is 49.8. The molecule has 0 heterocycles. The second-order valence-corrected chi connectivity index (χ2v) is 16.8. The normalized spacial score (nSPS) is 12.2. The molecule has 0 spiro atoms. The van der Waals surface area contributed by atoms with Crippen LogP contribution in [0.1, 0.15) is 45.7 Å². The molecule has 14 nitrogen and oxygen atoms in total. The van der Waals surface area contributed by atoms with Crippen molar-refractivity contribution in [1.29, 1.82) is 0 Å². The van der Waals surface area contributed by atoms with Crippen LogP contribution in [0.15, 0.2) is 93.3 Å². The van der Waals surface area contributed by atoms with Crippen molar-refractivity contribution in [2.45, 2.75) is 39.8 Å². The van der Waals surface area contributed by atoms with Crippen molar-refractivity contribution in [2.24, 2.45) is 20.5 Å². The number of carbonyl (C=O) groups excluding carboxylic acids is 6. The monoisotopic (exact) mass is 1020 g/mol.